The smallest absolute Gasteiger partial charge is 0.253 e. The van der Waals surface area contributed by atoms with Crippen LogP contribution in [0, 0.1) is 0 Å². The third-order valence-corrected chi connectivity index (χ3v) is 4.96. The van der Waals surface area contributed by atoms with E-state index in [2.05, 4.69) is 17.1 Å². The summed E-state index contributed by atoms with van der Waals surface area (Å²) in [6.45, 7) is 5.91. The van der Waals surface area contributed by atoms with Crippen LogP contribution in [0.1, 0.15) is 30.1 Å². The van der Waals surface area contributed by atoms with E-state index < -0.39 is 0 Å². The quantitative estimate of drug-likeness (QED) is 0.698. The van der Waals surface area contributed by atoms with Gasteiger partial charge >= 0.3 is 0 Å². The molecule has 154 valence electrons. The number of piperazine rings is 1. The summed E-state index contributed by atoms with van der Waals surface area (Å²) in [5.41, 5.74) is 0.649. The van der Waals surface area contributed by atoms with Gasteiger partial charge < -0.3 is 15.0 Å². The number of rotatable bonds is 8. The maximum Gasteiger partial charge on any atom is 0.253 e. The van der Waals surface area contributed by atoms with E-state index >= 15 is 0 Å². The highest BCUT2D eigenvalue weighted by Gasteiger charge is 2.23. The minimum atomic E-state index is 0.0170. The molecule has 3 rings (SSSR count). The number of ether oxygens (including phenoxy) is 1. The largest absolute Gasteiger partial charge is 0.457 e. The van der Waals surface area contributed by atoms with Gasteiger partial charge in [-0.15, -0.1) is 0 Å². The molecule has 0 aromatic heterocycles. The lowest BCUT2D eigenvalue weighted by Gasteiger charge is -2.34. The highest BCUT2D eigenvalue weighted by atomic mass is 16.5. The maximum atomic E-state index is 12.8. The molecular weight excluding hydrogens is 366 g/mol. The van der Waals surface area contributed by atoms with Crippen LogP contribution >= 0.6 is 0 Å². The number of hydrogen-bond donors (Lipinski definition) is 1. The van der Waals surface area contributed by atoms with Gasteiger partial charge in [0.15, 0.2) is 0 Å². The Bertz CT molecular complexity index is 785. The average molecular weight is 396 g/mol. The second kappa shape index (κ2) is 10.6. The fourth-order valence-corrected chi connectivity index (χ4v) is 3.25. The van der Waals surface area contributed by atoms with E-state index in [0.29, 0.717) is 44.0 Å². The minimum Gasteiger partial charge on any atom is -0.457 e. The van der Waals surface area contributed by atoms with Crippen LogP contribution in [0.15, 0.2) is 54.6 Å². The van der Waals surface area contributed by atoms with Crippen molar-refractivity contribution in [2.24, 2.45) is 0 Å². The van der Waals surface area contributed by atoms with Crippen LogP contribution in [0.4, 0.5) is 0 Å². The molecule has 2 aromatic carbocycles. The molecule has 0 unspecified atom stereocenters. The Balaban J connectivity index is 1.46. The van der Waals surface area contributed by atoms with Crippen LogP contribution in [0.5, 0.6) is 11.5 Å². The highest BCUT2D eigenvalue weighted by Crippen LogP contribution is 2.21. The van der Waals surface area contributed by atoms with Gasteiger partial charge in [-0.3, -0.25) is 14.5 Å². The lowest BCUT2D eigenvalue weighted by Crippen LogP contribution is -2.51. The van der Waals surface area contributed by atoms with Gasteiger partial charge in [0.25, 0.3) is 5.91 Å². The summed E-state index contributed by atoms with van der Waals surface area (Å²) in [7, 11) is 0. The molecule has 0 saturated carbocycles. The molecule has 0 radical (unpaired) electrons. The van der Waals surface area contributed by atoms with Gasteiger partial charge in [0, 0.05) is 38.3 Å². The Morgan fingerprint density at radius 2 is 1.59 bits per heavy atom. The fourth-order valence-electron chi connectivity index (χ4n) is 3.25. The van der Waals surface area contributed by atoms with E-state index in [-0.39, 0.29) is 11.8 Å². The van der Waals surface area contributed by atoms with Crippen LogP contribution in [0.25, 0.3) is 0 Å². The van der Waals surface area contributed by atoms with E-state index in [1.807, 2.05) is 47.4 Å². The van der Waals surface area contributed by atoms with Crippen molar-refractivity contribution in [1.82, 2.24) is 15.1 Å². The molecular formula is C23H29N3O3. The lowest BCUT2D eigenvalue weighted by molar-refractivity contribution is -0.122. The van der Waals surface area contributed by atoms with Crippen molar-refractivity contribution in [3.8, 4) is 11.5 Å². The summed E-state index contributed by atoms with van der Waals surface area (Å²) in [4.78, 5) is 28.6. The van der Waals surface area contributed by atoms with Crippen LogP contribution in [0.2, 0.25) is 0 Å². The SMILES string of the molecule is CCCCNC(=O)CN1CCN(C(=O)c2ccc(Oc3ccccc3)cc2)CC1. The standard InChI is InChI=1S/C23H29N3O3/c1-2-3-13-24-22(27)18-25-14-16-26(17-15-25)23(28)19-9-11-21(12-10-19)29-20-7-5-4-6-8-20/h4-12H,2-3,13-18H2,1H3,(H,24,27). The molecule has 29 heavy (non-hydrogen) atoms. The zero-order chi connectivity index (χ0) is 20.5. The normalized spacial score (nSPS) is 14.4. The van der Waals surface area contributed by atoms with Crippen LogP contribution in [-0.4, -0.2) is 60.9 Å². The topological polar surface area (TPSA) is 61.9 Å². The number of carbonyl (C=O) groups excluding carboxylic acids is 2. The minimum absolute atomic E-state index is 0.0170. The molecule has 1 saturated heterocycles. The van der Waals surface area contributed by atoms with E-state index in [1.54, 1.807) is 12.1 Å². The third kappa shape index (κ3) is 6.32. The molecule has 6 nitrogen and oxygen atoms in total. The van der Waals surface area contributed by atoms with Gasteiger partial charge in [-0.25, -0.2) is 0 Å². The number of amides is 2. The summed E-state index contributed by atoms with van der Waals surface area (Å²) in [6, 6.07) is 16.8. The predicted octanol–water partition coefficient (Wildman–Crippen LogP) is 3.15. The highest BCUT2D eigenvalue weighted by molar-refractivity contribution is 5.94. The zero-order valence-electron chi connectivity index (χ0n) is 17.0. The van der Waals surface area contributed by atoms with Gasteiger partial charge in [-0.05, 0) is 42.8 Å². The maximum absolute atomic E-state index is 12.8. The number of unbranched alkanes of at least 4 members (excludes halogenated alkanes) is 1. The van der Waals surface area contributed by atoms with Crippen molar-refractivity contribution in [3.05, 3.63) is 60.2 Å². The number of carbonyl (C=O) groups is 2. The second-order valence-corrected chi connectivity index (χ2v) is 7.21. The number of para-hydroxylation sites is 1. The van der Waals surface area contributed by atoms with Gasteiger partial charge in [0.1, 0.15) is 11.5 Å². The van der Waals surface area contributed by atoms with Crippen LogP contribution in [-0.2, 0) is 4.79 Å². The van der Waals surface area contributed by atoms with Gasteiger partial charge in [-0.2, -0.15) is 0 Å². The third-order valence-electron chi connectivity index (χ3n) is 4.96. The van der Waals surface area contributed by atoms with Gasteiger partial charge in [-0.1, -0.05) is 31.5 Å². The van der Waals surface area contributed by atoms with E-state index in [0.717, 1.165) is 25.1 Å². The summed E-state index contributed by atoms with van der Waals surface area (Å²) in [5, 5.41) is 2.94. The second-order valence-electron chi connectivity index (χ2n) is 7.21. The number of nitrogens with zero attached hydrogens (tertiary/aromatic N) is 2. The van der Waals surface area contributed by atoms with Crippen molar-refractivity contribution in [2.45, 2.75) is 19.8 Å². The first kappa shape index (κ1) is 20.9. The number of benzene rings is 2. The fraction of sp³-hybridized carbons (Fsp3) is 0.391. The summed E-state index contributed by atoms with van der Waals surface area (Å²) < 4.78 is 5.78. The number of nitrogens with one attached hydrogen (secondary N) is 1. The molecule has 0 spiro atoms. The monoisotopic (exact) mass is 395 g/mol. The van der Waals surface area contributed by atoms with E-state index in [4.69, 9.17) is 4.74 Å². The van der Waals surface area contributed by atoms with Crippen molar-refractivity contribution >= 4 is 11.8 Å². The first-order valence-electron chi connectivity index (χ1n) is 10.3. The summed E-state index contributed by atoms with van der Waals surface area (Å²) in [6.07, 6.45) is 2.07. The van der Waals surface area contributed by atoms with Crippen molar-refractivity contribution in [1.29, 1.82) is 0 Å². The summed E-state index contributed by atoms with van der Waals surface area (Å²) >= 11 is 0. The molecule has 1 aliphatic heterocycles. The van der Waals surface area contributed by atoms with Crippen molar-refractivity contribution < 1.29 is 14.3 Å². The van der Waals surface area contributed by atoms with E-state index in [9.17, 15) is 9.59 Å². The molecule has 0 aliphatic carbocycles. The molecule has 0 bridgehead atoms. The van der Waals surface area contributed by atoms with Crippen LogP contribution < -0.4 is 10.1 Å². The first-order chi connectivity index (χ1) is 14.2. The molecule has 0 atom stereocenters. The Morgan fingerprint density at radius 3 is 2.24 bits per heavy atom. The predicted molar refractivity (Wildman–Crippen MR) is 113 cm³/mol. The molecule has 1 aliphatic rings. The van der Waals surface area contributed by atoms with Gasteiger partial charge in [0.2, 0.25) is 5.91 Å². The van der Waals surface area contributed by atoms with E-state index in [1.165, 1.54) is 0 Å². The molecule has 2 aromatic rings. The summed E-state index contributed by atoms with van der Waals surface area (Å²) in [5.74, 6) is 1.55. The zero-order valence-corrected chi connectivity index (χ0v) is 17.0. The molecule has 1 heterocycles. The Morgan fingerprint density at radius 1 is 0.931 bits per heavy atom. The van der Waals surface area contributed by atoms with Crippen molar-refractivity contribution in [3.63, 3.8) is 0 Å². The van der Waals surface area contributed by atoms with Crippen LogP contribution in [0.3, 0.4) is 0 Å². The molecule has 1 fully saturated rings. The number of hydrogen-bond acceptors (Lipinski definition) is 4. The lowest BCUT2D eigenvalue weighted by atomic mass is 10.1. The van der Waals surface area contributed by atoms with Crippen molar-refractivity contribution in [2.75, 3.05) is 39.3 Å². The first-order valence-corrected chi connectivity index (χ1v) is 10.3. The average Bonchev–Trinajstić information content (AvgIpc) is 2.75. The Kier molecular flexibility index (Phi) is 7.64. The van der Waals surface area contributed by atoms with Gasteiger partial charge in [0.05, 0.1) is 6.54 Å². The molecule has 2 amide bonds. The Hall–Kier alpha value is -2.86. The Labute approximate surface area is 172 Å². The molecule has 6 heteroatoms. The molecule has 1 N–H and O–H groups in total.